The fourth-order valence-corrected chi connectivity index (χ4v) is 1.67. The number of hydrogen-bond donors (Lipinski definition) is 0. The van der Waals surface area contributed by atoms with Crippen LogP contribution in [0.25, 0.3) is 11.5 Å². The zero-order valence-electron chi connectivity index (χ0n) is 10.4. The highest BCUT2D eigenvalue weighted by molar-refractivity contribution is 5.53. The Morgan fingerprint density at radius 3 is 3.06 bits per heavy atom. The molecule has 0 aliphatic carbocycles. The molecule has 2 rings (SSSR count). The Balaban J connectivity index is 2.27. The number of nitriles is 1. The van der Waals surface area contributed by atoms with Crippen LogP contribution < -0.4 is 0 Å². The monoisotopic (exact) mass is 242 g/mol. The lowest BCUT2D eigenvalue weighted by Crippen LogP contribution is -1.97. The van der Waals surface area contributed by atoms with Crippen molar-refractivity contribution in [3.8, 4) is 17.6 Å². The van der Waals surface area contributed by atoms with Gasteiger partial charge in [0.2, 0.25) is 11.7 Å². The third kappa shape index (κ3) is 2.54. The molecular weight excluding hydrogens is 228 g/mol. The van der Waals surface area contributed by atoms with Gasteiger partial charge in [0.05, 0.1) is 12.0 Å². The van der Waals surface area contributed by atoms with Crippen LogP contribution in [0.5, 0.6) is 0 Å². The van der Waals surface area contributed by atoms with Crippen molar-refractivity contribution in [3.63, 3.8) is 0 Å². The van der Waals surface area contributed by atoms with Crippen LogP contribution in [0, 0.1) is 17.2 Å². The zero-order chi connectivity index (χ0) is 13.0. The average molecular weight is 242 g/mol. The van der Waals surface area contributed by atoms with Crippen molar-refractivity contribution >= 4 is 0 Å². The highest BCUT2D eigenvalue weighted by atomic mass is 16.5. The molecule has 0 N–H and O–H groups in total. The molecule has 5 nitrogen and oxygen atoms in total. The standard InChI is InChI=1S/C13H14N4O/c1-3-10-5-4-6-15-12(10)13-16-11(18-17-13)7-9(2)8-14/h4-6,9H,3,7H2,1-2H3. The maximum Gasteiger partial charge on any atom is 0.228 e. The van der Waals surface area contributed by atoms with Crippen molar-refractivity contribution in [2.45, 2.75) is 26.7 Å². The van der Waals surface area contributed by atoms with Crippen molar-refractivity contribution in [1.82, 2.24) is 15.1 Å². The van der Waals surface area contributed by atoms with E-state index in [0.29, 0.717) is 18.1 Å². The van der Waals surface area contributed by atoms with E-state index < -0.39 is 0 Å². The summed E-state index contributed by atoms with van der Waals surface area (Å²) in [5.74, 6) is 0.840. The topological polar surface area (TPSA) is 75.6 Å². The minimum atomic E-state index is -0.132. The Hall–Kier alpha value is -2.22. The number of nitrogens with zero attached hydrogens (tertiary/aromatic N) is 4. The van der Waals surface area contributed by atoms with E-state index in [9.17, 15) is 0 Å². The molecule has 0 saturated heterocycles. The van der Waals surface area contributed by atoms with Gasteiger partial charge in [-0.25, -0.2) is 0 Å². The van der Waals surface area contributed by atoms with E-state index in [2.05, 4.69) is 28.1 Å². The normalized spacial score (nSPS) is 12.1. The maximum atomic E-state index is 8.75. The molecule has 2 aromatic rings. The van der Waals surface area contributed by atoms with Crippen molar-refractivity contribution in [3.05, 3.63) is 29.8 Å². The predicted molar refractivity (Wildman–Crippen MR) is 65.4 cm³/mol. The summed E-state index contributed by atoms with van der Waals surface area (Å²) in [5.41, 5.74) is 1.83. The van der Waals surface area contributed by atoms with Gasteiger partial charge in [0.25, 0.3) is 0 Å². The van der Waals surface area contributed by atoms with Crippen LogP contribution in [0.3, 0.4) is 0 Å². The van der Waals surface area contributed by atoms with E-state index in [-0.39, 0.29) is 5.92 Å². The lowest BCUT2D eigenvalue weighted by molar-refractivity contribution is 0.369. The molecule has 92 valence electrons. The van der Waals surface area contributed by atoms with Crippen LogP contribution in [0.1, 0.15) is 25.3 Å². The molecule has 0 radical (unpaired) electrons. The summed E-state index contributed by atoms with van der Waals surface area (Å²) >= 11 is 0. The van der Waals surface area contributed by atoms with E-state index in [1.54, 1.807) is 6.20 Å². The van der Waals surface area contributed by atoms with Crippen LogP contribution in [-0.4, -0.2) is 15.1 Å². The predicted octanol–water partition coefficient (Wildman–Crippen LogP) is 2.40. The molecule has 0 spiro atoms. The van der Waals surface area contributed by atoms with E-state index >= 15 is 0 Å². The molecule has 2 heterocycles. The maximum absolute atomic E-state index is 8.75. The van der Waals surface area contributed by atoms with Gasteiger partial charge < -0.3 is 4.52 Å². The fraction of sp³-hybridized carbons (Fsp3) is 0.385. The van der Waals surface area contributed by atoms with Gasteiger partial charge in [0.15, 0.2) is 0 Å². The average Bonchev–Trinajstić information content (AvgIpc) is 2.86. The van der Waals surface area contributed by atoms with Crippen LogP contribution in [-0.2, 0) is 12.8 Å². The number of rotatable bonds is 4. The van der Waals surface area contributed by atoms with Crippen LogP contribution in [0.2, 0.25) is 0 Å². The molecule has 0 aliphatic heterocycles. The smallest absolute Gasteiger partial charge is 0.228 e. The first kappa shape index (κ1) is 12.2. The Labute approximate surface area is 105 Å². The summed E-state index contributed by atoms with van der Waals surface area (Å²) in [4.78, 5) is 8.57. The minimum Gasteiger partial charge on any atom is -0.339 e. The van der Waals surface area contributed by atoms with E-state index in [0.717, 1.165) is 17.7 Å². The molecule has 0 aliphatic rings. The van der Waals surface area contributed by atoms with Crippen molar-refractivity contribution < 1.29 is 4.52 Å². The highest BCUT2D eigenvalue weighted by Crippen LogP contribution is 2.19. The lowest BCUT2D eigenvalue weighted by atomic mass is 10.1. The van der Waals surface area contributed by atoms with Gasteiger partial charge in [-0.2, -0.15) is 10.2 Å². The van der Waals surface area contributed by atoms with Crippen LogP contribution in [0.15, 0.2) is 22.9 Å². The van der Waals surface area contributed by atoms with Gasteiger partial charge in [0, 0.05) is 12.6 Å². The van der Waals surface area contributed by atoms with E-state index in [4.69, 9.17) is 9.78 Å². The van der Waals surface area contributed by atoms with Crippen molar-refractivity contribution in [2.24, 2.45) is 5.92 Å². The molecule has 0 saturated carbocycles. The number of hydrogen-bond acceptors (Lipinski definition) is 5. The molecule has 0 amide bonds. The quantitative estimate of drug-likeness (QED) is 0.822. The number of aryl methyl sites for hydroxylation is 1. The number of pyridine rings is 1. The minimum absolute atomic E-state index is 0.132. The largest absolute Gasteiger partial charge is 0.339 e. The Morgan fingerprint density at radius 1 is 1.50 bits per heavy atom. The van der Waals surface area contributed by atoms with Gasteiger partial charge in [-0.15, -0.1) is 0 Å². The molecular formula is C13H14N4O. The molecule has 2 aromatic heterocycles. The van der Waals surface area contributed by atoms with Crippen LogP contribution in [0.4, 0.5) is 0 Å². The molecule has 0 fully saturated rings. The molecule has 18 heavy (non-hydrogen) atoms. The fourth-order valence-electron chi connectivity index (χ4n) is 1.67. The second-order valence-corrected chi connectivity index (χ2v) is 4.11. The van der Waals surface area contributed by atoms with Crippen molar-refractivity contribution in [2.75, 3.05) is 0 Å². The van der Waals surface area contributed by atoms with Gasteiger partial charge in [-0.05, 0) is 25.0 Å². The first-order valence-electron chi connectivity index (χ1n) is 5.91. The first-order chi connectivity index (χ1) is 8.74. The Bertz CT molecular complexity index is 570. The van der Waals surface area contributed by atoms with E-state index in [1.165, 1.54) is 0 Å². The molecule has 0 bridgehead atoms. The van der Waals surface area contributed by atoms with Gasteiger partial charge >= 0.3 is 0 Å². The molecule has 1 unspecified atom stereocenters. The molecule has 1 atom stereocenters. The lowest BCUT2D eigenvalue weighted by Gasteiger charge is -2.00. The van der Waals surface area contributed by atoms with Gasteiger partial charge in [-0.1, -0.05) is 18.1 Å². The van der Waals surface area contributed by atoms with Crippen LogP contribution >= 0.6 is 0 Å². The SMILES string of the molecule is CCc1cccnc1-c1noc(CC(C)C#N)n1. The third-order valence-corrected chi connectivity index (χ3v) is 2.65. The zero-order valence-corrected chi connectivity index (χ0v) is 10.4. The summed E-state index contributed by atoms with van der Waals surface area (Å²) in [6.45, 7) is 3.88. The van der Waals surface area contributed by atoms with Gasteiger partial charge in [-0.3, -0.25) is 4.98 Å². The second-order valence-electron chi connectivity index (χ2n) is 4.11. The van der Waals surface area contributed by atoms with Gasteiger partial charge in [0.1, 0.15) is 5.69 Å². The Kier molecular flexibility index (Phi) is 3.68. The number of aromatic nitrogens is 3. The highest BCUT2D eigenvalue weighted by Gasteiger charge is 2.14. The first-order valence-corrected chi connectivity index (χ1v) is 5.91. The summed E-state index contributed by atoms with van der Waals surface area (Å²) in [7, 11) is 0. The summed E-state index contributed by atoms with van der Waals surface area (Å²) in [6, 6.07) is 6.03. The summed E-state index contributed by atoms with van der Waals surface area (Å²) in [6.07, 6.45) is 3.04. The van der Waals surface area contributed by atoms with Crippen molar-refractivity contribution in [1.29, 1.82) is 5.26 Å². The molecule has 0 aromatic carbocycles. The van der Waals surface area contributed by atoms with E-state index in [1.807, 2.05) is 19.1 Å². The summed E-state index contributed by atoms with van der Waals surface area (Å²) in [5, 5.41) is 12.7. The summed E-state index contributed by atoms with van der Waals surface area (Å²) < 4.78 is 5.14. The second kappa shape index (κ2) is 5.41. The molecule has 5 heteroatoms. The third-order valence-electron chi connectivity index (χ3n) is 2.65. The Morgan fingerprint density at radius 2 is 2.33 bits per heavy atom.